The fourth-order valence-corrected chi connectivity index (χ4v) is 1.68. The number of nitrogens with two attached hydrogens (primary N) is 1. The third-order valence-electron chi connectivity index (χ3n) is 2.45. The average Bonchev–Trinajstić information content (AvgIpc) is 2.27. The van der Waals surface area contributed by atoms with Crippen molar-refractivity contribution < 1.29 is 17.9 Å². The molecule has 0 radical (unpaired) electrons. The molecule has 0 fully saturated rings. The second kappa shape index (κ2) is 5.89. The summed E-state index contributed by atoms with van der Waals surface area (Å²) in [6, 6.07) is 4.77. The van der Waals surface area contributed by atoms with Crippen LogP contribution < -0.4 is 15.8 Å². The highest BCUT2D eigenvalue weighted by atomic mass is 32.2. The van der Waals surface area contributed by atoms with Crippen LogP contribution in [0.25, 0.3) is 0 Å². The van der Waals surface area contributed by atoms with Gasteiger partial charge < -0.3 is 15.8 Å². The van der Waals surface area contributed by atoms with Crippen molar-refractivity contribution in [1.82, 2.24) is 4.31 Å². The number of anilines is 2. The number of methoxy groups -OCH3 is 1. The third-order valence-corrected chi connectivity index (χ3v) is 3.71. The van der Waals surface area contributed by atoms with Gasteiger partial charge in [0.05, 0.1) is 25.6 Å². The van der Waals surface area contributed by atoms with Crippen LogP contribution in [0.15, 0.2) is 18.2 Å². The summed E-state index contributed by atoms with van der Waals surface area (Å²) in [5, 5.41) is 2.56. The lowest BCUT2D eigenvalue weighted by atomic mass is 10.2. The summed E-state index contributed by atoms with van der Waals surface area (Å²) in [7, 11) is -0.559. The van der Waals surface area contributed by atoms with Gasteiger partial charge in [0.2, 0.25) is 15.9 Å². The minimum atomic E-state index is -3.38. The highest BCUT2D eigenvalue weighted by Gasteiger charge is 2.15. The van der Waals surface area contributed by atoms with Gasteiger partial charge in [-0.3, -0.25) is 4.79 Å². The van der Waals surface area contributed by atoms with E-state index in [0.717, 1.165) is 10.6 Å². The predicted molar refractivity (Wildman–Crippen MR) is 73.5 cm³/mol. The van der Waals surface area contributed by atoms with Crippen molar-refractivity contribution in [3.05, 3.63) is 18.2 Å². The first-order valence-electron chi connectivity index (χ1n) is 5.38. The molecule has 0 unspecified atom stereocenters. The van der Waals surface area contributed by atoms with E-state index in [2.05, 4.69) is 5.32 Å². The predicted octanol–water partition coefficient (Wildman–Crippen LogP) is 0.107. The van der Waals surface area contributed by atoms with E-state index in [4.69, 9.17) is 10.5 Å². The number of carbonyl (C=O) groups excluding carboxylic acids is 1. The van der Waals surface area contributed by atoms with Crippen molar-refractivity contribution in [1.29, 1.82) is 0 Å². The first-order chi connectivity index (χ1) is 8.74. The molecule has 0 aliphatic rings. The molecule has 0 heterocycles. The Labute approximate surface area is 112 Å². The van der Waals surface area contributed by atoms with Gasteiger partial charge in [-0.25, -0.2) is 8.42 Å². The summed E-state index contributed by atoms with van der Waals surface area (Å²) in [6.07, 6.45) is 1.03. The second-order valence-corrected chi connectivity index (χ2v) is 6.11. The van der Waals surface area contributed by atoms with Crippen molar-refractivity contribution >= 4 is 27.3 Å². The van der Waals surface area contributed by atoms with E-state index in [1.165, 1.54) is 20.2 Å². The summed E-state index contributed by atoms with van der Waals surface area (Å²) >= 11 is 0. The maximum atomic E-state index is 11.6. The van der Waals surface area contributed by atoms with Crippen LogP contribution in [0.1, 0.15) is 0 Å². The van der Waals surface area contributed by atoms with Crippen LogP contribution in [0.4, 0.5) is 11.4 Å². The lowest BCUT2D eigenvalue weighted by Gasteiger charge is -2.14. The standard InChI is InChI=1S/C11H17N3O4S/c1-14(19(3,16)17)7-11(15)13-8-4-5-10(18-2)9(12)6-8/h4-6H,7,12H2,1-3H3,(H,13,15). The maximum Gasteiger partial charge on any atom is 0.239 e. The Morgan fingerprint density at radius 2 is 2.11 bits per heavy atom. The van der Waals surface area contributed by atoms with Gasteiger partial charge in [-0.15, -0.1) is 0 Å². The number of rotatable bonds is 5. The molecule has 0 saturated carbocycles. The molecule has 1 rings (SSSR count). The highest BCUT2D eigenvalue weighted by Crippen LogP contribution is 2.24. The number of likely N-dealkylation sites (N-methyl/N-ethyl adjacent to an activating group) is 1. The molecule has 106 valence electrons. The molecule has 1 aromatic carbocycles. The lowest BCUT2D eigenvalue weighted by Crippen LogP contribution is -2.34. The van der Waals surface area contributed by atoms with E-state index >= 15 is 0 Å². The molecule has 8 heteroatoms. The van der Waals surface area contributed by atoms with E-state index in [1.54, 1.807) is 12.1 Å². The van der Waals surface area contributed by atoms with Gasteiger partial charge in [-0.2, -0.15) is 4.31 Å². The van der Waals surface area contributed by atoms with Gasteiger partial charge in [0, 0.05) is 12.7 Å². The summed E-state index contributed by atoms with van der Waals surface area (Å²) in [4.78, 5) is 11.6. The van der Waals surface area contributed by atoms with Crippen molar-refractivity contribution in [2.24, 2.45) is 0 Å². The van der Waals surface area contributed by atoms with Gasteiger partial charge in [0.15, 0.2) is 0 Å². The molecule has 1 amide bonds. The fraction of sp³-hybridized carbons (Fsp3) is 0.364. The minimum Gasteiger partial charge on any atom is -0.495 e. The van der Waals surface area contributed by atoms with Crippen molar-refractivity contribution in [3.63, 3.8) is 0 Å². The molecular weight excluding hydrogens is 270 g/mol. The molecule has 0 aromatic heterocycles. The number of sulfonamides is 1. The van der Waals surface area contributed by atoms with Crippen LogP contribution >= 0.6 is 0 Å². The zero-order valence-corrected chi connectivity index (χ0v) is 11.8. The second-order valence-electron chi connectivity index (χ2n) is 4.02. The first kappa shape index (κ1) is 15.3. The van der Waals surface area contributed by atoms with Gasteiger partial charge >= 0.3 is 0 Å². The number of ether oxygens (including phenoxy) is 1. The van der Waals surface area contributed by atoms with Gasteiger partial charge in [0.1, 0.15) is 5.75 Å². The molecule has 0 atom stereocenters. The van der Waals surface area contributed by atoms with Gasteiger partial charge in [0.25, 0.3) is 0 Å². The van der Waals surface area contributed by atoms with Gasteiger partial charge in [-0.05, 0) is 18.2 Å². The van der Waals surface area contributed by atoms with Crippen LogP contribution in [0.3, 0.4) is 0 Å². The fourth-order valence-electron chi connectivity index (χ4n) is 1.33. The van der Waals surface area contributed by atoms with Crippen LogP contribution in [-0.4, -0.2) is 45.6 Å². The van der Waals surface area contributed by atoms with E-state index < -0.39 is 15.9 Å². The number of carbonyl (C=O) groups is 1. The van der Waals surface area contributed by atoms with Crippen molar-refractivity contribution in [2.45, 2.75) is 0 Å². The molecule has 0 saturated heterocycles. The van der Waals surface area contributed by atoms with Crippen LogP contribution in [0.2, 0.25) is 0 Å². The SMILES string of the molecule is COc1ccc(NC(=O)CN(C)S(C)(=O)=O)cc1N. The number of benzene rings is 1. The van der Waals surface area contributed by atoms with Gasteiger partial charge in [-0.1, -0.05) is 0 Å². The number of amides is 1. The van der Waals surface area contributed by atoms with E-state index in [1.807, 2.05) is 0 Å². The Bertz CT molecular complexity index is 571. The minimum absolute atomic E-state index is 0.259. The molecule has 0 aliphatic heterocycles. The van der Waals surface area contributed by atoms with Crippen LogP contribution in [0.5, 0.6) is 5.75 Å². The summed E-state index contributed by atoms with van der Waals surface area (Å²) in [5.41, 5.74) is 6.56. The first-order valence-corrected chi connectivity index (χ1v) is 7.23. The Morgan fingerprint density at radius 1 is 1.47 bits per heavy atom. The Hall–Kier alpha value is -1.80. The monoisotopic (exact) mass is 287 g/mol. The largest absolute Gasteiger partial charge is 0.495 e. The number of hydrogen-bond donors (Lipinski definition) is 2. The van der Waals surface area contributed by atoms with Crippen molar-refractivity contribution in [3.8, 4) is 5.75 Å². The molecule has 1 aromatic rings. The Kier molecular flexibility index (Phi) is 4.73. The van der Waals surface area contributed by atoms with E-state index in [9.17, 15) is 13.2 Å². The molecule has 7 nitrogen and oxygen atoms in total. The number of hydrogen-bond acceptors (Lipinski definition) is 5. The molecular formula is C11H17N3O4S. The number of nitrogens with one attached hydrogen (secondary N) is 1. The summed E-state index contributed by atoms with van der Waals surface area (Å²) in [6.45, 7) is -0.259. The normalized spacial score (nSPS) is 11.4. The Balaban J connectivity index is 2.70. The zero-order chi connectivity index (χ0) is 14.6. The lowest BCUT2D eigenvalue weighted by molar-refractivity contribution is -0.116. The topological polar surface area (TPSA) is 102 Å². The van der Waals surface area contributed by atoms with Crippen LogP contribution in [-0.2, 0) is 14.8 Å². The molecule has 3 N–H and O–H groups in total. The Morgan fingerprint density at radius 3 is 2.58 bits per heavy atom. The summed E-state index contributed by atoms with van der Waals surface area (Å²) < 4.78 is 28.3. The van der Waals surface area contributed by atoms with Crippen LogP contribution in [0, 0.1) is 0 Å². The molecule has 0 bridgehead atoms. The quantitative estimate of drug-likeness (QED) is 0.748. The third kappa shape index (κ3) is 4.42. The van der Waals surface area contributed by atoms with E-state index in [0.29, 0.717) is 17.1 Å². The smallest absolute Gasteiger partial charge is 0.239 e. The maximum absolute atomic E-state index is 11.6. The highest BCUT2D eigenvalue weighted by molar-refractivity contribution is 7.88. The molecule has 19 heavy (non-hydrogen) atoms. The summed E-state index contributed by atoms with van der Waals surface area (Å²) in [5.74, 6) is 0.0590. The zero-order valence-electron chi connectivity index (χ0n) is 11.0. The number of nitrogen functional groups attached to an aromatic ring is 1. The molecule has 0 spiro atoms. The van der Waals surface area contributed by atoms with Crippen molar-refractivity contribution in [2.75, 3.05) is 38.0 Å². The average molecular weight is 287 g/mol. The van der Waals surface area contributed by atoms with E-state index in [-0.39, 0.29) is 6.54 Å². The number of nitrogens with zero attached hydrogens (tertiary/aromatic N) is 1. The molecule has 0 aliphatic carbocycles.